The van der Waals surface area contributed by atoms with Crippen LogP contribution in [-0.4, -0.2) is 22.1 Å². The Morgan fingerprint density at radius 2 is 2.56 bits per heavy atom. The highest BCUT2D eigenvalue weighted by atomic mass is 32.2. The molecular weight excluding hydrogens is 222 g/mol. The normalized spacial score (nSPS) is 23.7. The van der Waals surface area contributed by atoms with E-state index < -0.39 is 0 Å². The summed E-state index contributed by atoms with van der Waals surface area (Å²) in [4.78, 5) is 4.50. The van der Waals surface area contributed by atoms with E-state index in [-0.39, 0.29) is 0 Å². The minimum Gasteiger partial charge on any atom is -0.364 e. The van der Waals surface area contributed by atoms with Gasteiger partial charge in [0.25, 0.3) is 0 Å². The van der Waals surface area contributed by atoms with E-state index in [1.54, 1.807) is 18.0 Å². The Morgan fingerprint density at radius 1 is 1.69 bits per heavy atom. The molecule has 1 aliphatic rings. The lowest BCUT2D eigenvalue weighted by Crippen LogP contribution is -2.41. The zero-order valence-electron chi connectivity index (χ0n) is 9.64. The summed E-state index contributed by atoms with van der Waals surface area (Å²) in [5.41, 5.74) is 0.876. The van der Waals surface area contributed by atoms with E-state index in [4.69, 9.17) is 4.52 Å². The average Bonchev–Trinajstić information content (AvgIpc) is 2.79. The third-order valence-corrected chi connectivity index (χ3v) is 3.62. The fourth-order valence-corrected chi connectivity index (χ4v) is 2.57. The molecule has 1 N–H and O–H groups in total. The summed E-state index contributed by atoms with van der Waals surface area (Å²) in [7, 11) is 0. The van der Waals surface area contributed by atoms with Gasteiger partial charge in [-0.25, -0.2) is 0 Å². The van der Waals surface area contributed by atoms with E-state index in [1.165, 1.54) is 6.42 Å². The van der Waals surface area contributed by atoms with Crippen LogP contribution in [-0.2, 0) is 6.54 Å². The number of hydrogen-bond donors (Lipinski definition) is 1. The van der Waals surface area contributed by atoms with Gasteiger partial charge in [-0.3, -0.25) is 4.99 Å². The van der Waals surface area contributed by atoms with Gasteiger partial charge < -0.3 is 9.84 Å². The predicted molar refractivity (Wildman–Crippen MR) is 66.5 cm³/mol. The molecule has 0 bridgehead atoms. The smallest absolute Gasteiger partial charge is 0.157 e. The molecule has 88 valence electrons. The van der Waals surface area contributed by atoms with Crippen molar-refractivity contribution in [1.29, 1.82) is 0 Å². The maximum atomic E-state index is 4.77. The van der Waals surface area contributed by atoms with Crippen molar-refractivity contribution in [3.63, 3.8) is 0 Å². The molecule has 5 heteroatoms. The highest BCUT2D eigenvalue weighted by Gasteiger charge is 2.19. The molecule has 1 saturated heterocycles. The van der Waals surface area contributed by atoms with Gasteiger partial charge in [-0.1, -0.05) is 30.8 Å². The summed E-state index contributed by atoms with van der Waals surface area (Å²) in [6.45, 7) is 5.07. The second-order valence-electron chi connectivity index (χ2n) is 4.24. The predicted octanol–water partition coefficient (Wildman–Crippen LogP) is 2.28. The van der Waals surface area contributed by atoms with Crippen LogP contribution >= 0.6 is 11.8 Å². The lowest BCUT2D eigenvalue weighted by Gasteiger charge is -2.28. The Hall–Kier alpha value is -0.970. The number of nitrogens with one attached hydrogen (secondary N) is 1. The van der Waals surface area contributed by atoms with Gasteiger partial charge in [0.2, 0.25) is 0 Å². The molecule has 0 amide bonds. The second kappa shape index (κ2) is 5.39. The Labute approximate surface area is 99.9 Å². The molecule has 1 aromatic heterocycles. The first-order valence-corrected chi connectivity index (χ1v) is 6.57. The van der Waals surface area contributed by atoms with Crippen LogP contribution in [0.25, 0.3) is 0 Å². The maximum Gasteiger partial charge on any atom is 0.157 e. The molecule has 2 rings (SSSR count). The molecule has 1 atom stereocenters. The van der Waals surface area contributed by atoms with Crippen LogP contribution in [0.5, 0.6) is 0 Å². The van der Waals surface area contributed by atoms with Crippen LogP contribution in [0.15, 0.2) is 21.8 Å². The van der Waals surface area contributed by atoms with Gasteiger partial charge in [0.1, 0.15) is 12.0 Å². The van der Waals surface area contributed by atoms with Crippen molar-refractivity contribution >= 4 is 16.9 Å². The van der Waals surface area contributed by atoms with Crippen molar-refractivity contribution in [2.75, 3.05) is 5.75 Å². The van der Waals surface area contributed by atoms with Gasteiger partial charge in [0, 0.05) is 17.9 Å². The maximum absolute atomic E-state index is 4.77. The number of hydrogen-bond acceptors (Lipinski definition) is 4. The van der Waals surface area contributed by atoms with Crippen molar-refractivity contribution < 1.29 is 4.52 Å². The van der Waals surface area contributed by atoms with E-state index in [2.05, 4.69) is 29.3 Å². The Balaban J connectivity index is 1.91. The van der Waals surface area contributed by atoms with Gasteiger partial charge in [-0.15, -0.1) is 0 Å². The molecule has 0 aliphatic carbocycles. The summed E-state index contributed by atoms with van der Waals surface area (Å²) in [6.07, 6.45) is 2.79. The van der Waals surface area contributed by atoms with Crippen molar-refractivity contribution in [1.82, 2.24) is 10.5 Å². The largest absolute Gasteiger partial charge is 0.364 e. The molecule has 1 unspecified atom stereocenters. The number of thioether (sulfide) groups is 1. The Morgan fingerprint density at radius 3 is 3.25 bits per heavy atom. The van der Waals surface area contributed by atoms with Crippen LogP contribution in [0.3, 0.4) is 0 Å². The van der Waals surface area contributed by atoms with Crippen LogP contribution in [0.2, 0.25) is 0 Å². The second-order valence-corrected chi connectivity index (χ2v) is 5.33. The average molecular weight is 239 g/mol. The first-order valence-electron chi connectivity index (χ1n) is 5.59. The third-order valence-electron chi connectivity index (χ3n) is 2.66. The van der Waals surface area contributed by atoms with E-state index in [9.17, 15) is 0 Å². The molecule has 0 spiro atoms. The molecule has 4 nitrogen and oxygen atoms in total. The SMILES string of the molecule is CC(C)C1CCSC(=NCc2ccon2)N1. The zero-order valence-corrected chi connectivity index (χ0v) is 10.5. The Bertz CT molecular complexity index is 348. The van der Waals surface area contributed by atoms with Crippen LogP contribution in [0.4, 0.5) is 0 Å². The van der Waals surface area contributed by atoms with Gasteiger partial charge >= 0.3 is 0 Å². The third kappa shape index (κ3) is 3.01. The molecule has 2 heterocycles. The quantitative estimate of drug-likeness (QED) is 0.879. The summed E-state index contributed by atoms with van der Waals surface area (Å²) in [5, 5.41) is 8.34. The van der Waals surface area contributed by atoms with E-state index in [0.717, 1.165) is 16.6 Å². The summed E-state index contributed by atoms with van der Waals surface area (Å²) in [6, 6.07) is 2.40. The summed E-state index contributed by atoms with van der Waals surface area (Å²) >= 11 is 1.79. The molecule has 0 radical (unpaired) electrons. The number of aliphatic imine (C=N–C) groups is 1. The van der Waals surface area contributed by atoms with E-state index >= 15 is 0 Å². The number of nitrogens with zero attached hydrogens (tertiary/aromatic N) is 2. The van der Waals surface area contributed by atoms with Crippen LogP contribution in [0.1, 0.15) is 26.0 Å². The lowest BCUT2D eigenvalue weighted by molar-refractivity contribution is 0.412. The highest BCUT2D eigenvalue weighted by Crippen LogP contribution is 2.19. The van der Waals surface area contributed by atoms with Crippen molar-refractivity contribution in [2.45, 2.75) is 32.9 Å². The topological polar surface area (TPSA) is 50.4 Å². The van der Waals surface area contributed by atoms with Gasteiger partial charge in [-0.05, 0) is 12.3 Å². The number of amidine groups is 1. The monoisotopic (exact) mass is 239 g/mol. The fourth-order valence-electron chi connectivity index (χ4n) is 1.62. The van der Waals surface area contributed by atoms with Crippen LogP contribution in [0, 0.1) is 5.92 Å². The molecule has 1 fully saturated rings. The van der Waals surface area contributed by atoms with Gasteiger partial charge in [0.05, 0.1) is 6.54 Å². The molecule has 1 aromatic rings. The minimum absolute atomic E-state index is 0.553. The molecule has 0 saturated carbocycles. The Kier molecular flexibility index (Phi) is 3.88. The first-order chi connectivity index (χ1) is 7.75. The van der Waals surface area contributed by atoms with E-state index in [0.29, 0.717) is 18.5 Å². The molecule has 1 aliphatic heterocycles. The van der Waals surface area contributed by atoms with E-state index in [1.807, 2.05) is 6.07 Å². The summed E-state index contributed by atoms with van der Waals surface area (Å²) in [5.74, 6) is 1.80. The van der Waals surface area contributed by atoms with Crippen LogP contribution < -0.4 is 5.32 Å². The van der Waals surface area contributed by atoms with Crippen molar-refractivity contribution in [2.24, 2.45) is 10.9 Å². The molecular formula is C11H17N3OS. The number of aromatic nitrogens is 1. The lowest BCUT2D eigenvalue weighted by atomic mass is 10.0. The van der Waals surface area contributed by atoms with Gasteiger partial charge in [-0.2, -0.15) is 0 Å². The molecule has 16 heavy (non-hydrogen) atoms. The standard InChI is InChI=1S/C11H17N3OS/c1-8(2)10-4-6-16-11(13-10)12-7-9-3-5-15-14-9/h3,5,8,10H,4,6-7H2,1-2H3,(H,12,13). The zero-order chi connectivity index (χ0) is 11.4. The fraction of sp³-hybridized carbons (Fsp3) is 0.636. The first kappa shape index (κ1) is 11.5. The minimum atomic E-state index is 0.553. The number of rotatable bonds is 3. The summed E-state index contributed by atoms with van der Waals surface area (Å²) < 4.78 is 4.77. The van der Waals surface area contributed by atoms with Gasteiger partial charge in [0.15, 0.2) is 5.17 Å². The highest BCUT2D eigenvalue weighted by molar-refractivity contribution is 8.13. The van der Waals surface area contributed by atoms with Crippen molar-refractivity contribution in [3.8, 4) is 0 Å². The molecule has 0 aromatic carbocycles. The van der Waals surface area contributed by atoms with Crippen molar-refractivity contribution in [3.05, 3.63) is 18.0 Å².